The molecule has 1 aliphatic rings. The van der Waals surface area contributed by atoms with Crippen LogP contribution in [-0.2, 0) is 0 Å². The van der Waals surface area contributed by atoms with Crippen LogP contribution in [-0.4, -0.2) is 52.8 Å². The lowest BCUT2D eigenvalue weighted by Gasteiger charge is -2.35. The molecule has 0 spiro atoms. The number of hydrogen-bond acceptors (Lipinski definition) is 5. The van der Waals surface area contributed by atoms with Gasteiger partial charge in [0, 0.05) is 55.5 Å². The van der Waals surface area contributed by atoms with Crippen LogP contribution in [0.15, 0.2) is 42.1 Å². The van der Waals surface area contributed by atoms with Crippen molar-refractivity contribution in [2.24, 2.45) is 0 Å². The number of hydrogen-bond donors (Lipinski definition) is 2. The van der Waals surface area contributed by atoms with E-state index < -0.39 is 0 Å². The number of allylic oxidation sites excluding steroid dienone is 1. The Morgan fingerprint density at radius 1 is 1.32 bits per heavy atom. The first kappa shape index (κ1) is 25.8. The average molecular weight is 485 g/mol. The highest BCUT2D eigenvalue weighted by Crippen LogP contribution is 2.34. The molecule has 3 rings (SSSR count). The molecule has 0 radical (unpaired) electrons. The molecule has 7 nitrogen and oxygen atoms in total. The molecular weight excluding hydrogens is 448 g/mol. The number of anilines is 1. The molecule has 1 aliphatic heterocycles. The van der Waals surface area contributed by atoms with Crippen molar-refractivity contribution in [3.63, 3.8) is 0 Å². The molecule has 1 saturated heterocycles. The Bertz CT molecular complexity index is 1060. The summed E-state index contributed by atoms with van der Waals surface area (Å²) in [6, 6.07) is 7.40. The summed E-state index contributed by atoms with van der Waals surface area (Å²) < 4.78 is 1.89. The van der Waals surface area contributed by atoms with E-state index in [-0.39, 0.29) is 11.9 Å². The molecule has 0 saturated carbocycles. The molecule has 0 bridgehead atoms. The van der Waals surface area contributed by atoms with Crippen LogP contribution >= 0.6 is 11.6 Å². The molecule has 0 aliphatic carbocycles. The number of amides is 1. The van der Waals surface area contributed by atoms with Gasteiger partial charge in [-0.15, -0.1) is 0 Å². The summed E-state index contributed by atoms with van der Waals surface area (Å²) in [7, 11) is 3.72. The van der Waals surface area contributed by atoms with E-state index in [1.165, 1.54) is 0 Å². The fourth-order valence-electron chi connectivity index (χ4n) is 4.43. The average Bonchev–Trinajstić information content (AvgIpc) is 3.21. The van der Waals surface area contributed by atoms with E-state index in [9.17, 15) is 4.79 Å². The quantitative estimate of drug-likeness (QED) is 0.364. The molecule has 1 aromatic heterocycles. The number of aryl methyl sites for hydroxylation is 1. The number of hydrazine groups is 1. The minimum absolute atomic E-state index is 0.0203. The number of benzene rings is 1. The number of aromatic nitrogens is 2. The summed E-state index contributed by atoms with van der Waals surface area (Å²) >= 11 is 6.22. The van der Waals surface area contributed by atoms with Gasteiger partial charge in [0.1, 0.15) is 0 Å². The van der Waals surface area contributed by atoms with Crippen LogP contribution < -0.4 is 10.7 Å². The van der Waals surface area contributed by atoms with Gasteiger partial charge in [0.05, 0.1) is 17.3 Å². The van der Waals surface area contributed by atoms with E-state index in [2.05, 4.69) is 30.3 Å². The maximum Gasteiger partial charge on any atom is 0.256 e. The predicted molar refractivity (Wildman–Crippen MR) is 141 cm³/mol. The van der Waals surface area contributed by atoms with Crippen LogP contribution in [0.1, 0.15) is 67.3 Å². The van der Waals surface area contributed by atoms with Crippen molar-refractivity contribution in [2.45, 2.75) is 52.5 Å². The largest absolute Gasteiger partial charge is 0.387 e. The molecule has 1 amide bonds. The van der Waals surface area contributed by atoms with E-state index in [1.54, 1.807) is 12.1 Å². The molecule has 1 aromatic carbocycles. The van der Waals surface area contributed by atoms with Crippen molar-refractivity contribution in [1.29, 1.82) is 0 Å². The van der Waals surface area contributed by atoms with Gasteiger partial charge >= 0.3 is 0 Å². The third-order valence-corrected chi connectivity index (χ3v) is 6.58. The smallest absolute Gasteiger partial charge is 0.256 e. The molecule has 2 aromatic rings. The van der Waals surface area contributed by atoms with E-state index in [0.29, 0.717) is 17.1 Å². The molecule has 0 unspecified atom stereocenters. The minimum Gasteiger partial charge on any atom is -0.387 e. The van der Waals surface area contributed by atoms with E-state index in [1.807, 2.05) is 54.8 Å². The predicted octanol–water partition coefficient (Wildman–Crippen LogP) is 5.47. The fraction of sp³-hybridized carbons (Fsp3) is 0.462. The molecule has 2 N–H and O–H groups in total. The van der Waals surface area contributed by atoms with E-state index in [4.69, 9.17) is 16.7 Å². The summed E-state index contributed by atoms with van der Waals surface area (Å²) in [6.07, 6.45) is 5.96. The van der Waals surface area contributed by atoms with Crippen molar-refractivity contribution < 1.29 is 4.79 Å². The summed E-state index contributed by atoms with van der Waals surface area (Å²) in [6.45, 7) is 12.0. The minimum atomic E-state index is -0.0734. The third-order valence-electron chi connectivity index (χ3n) is 6.34. The standard InChI is InChI=1S/C26H37ClN6O/c1-7-13-32(29-6)20(4)18(2)17-33-19(3)15-24(30-33)25-10-8-9-14-31(25)26(34)22-16-21(27)11-12-23(22)28-5/h11-12,15-17,25,28-29H,4,7-10,13-14H2,1-3,5-6H3/b18-17-/t25-/m0/s1. The van der Waals surface area contributed by atoms with Gasteiger partial charge in [0.2, 0.25) is 0 Å². The van der Waals surface area contributed by atoms with Gasteiger partial charge in [-0.05, 0) is 69.4 Å². The number of carbonyl (C=O) groups excluding carboxylic acids is 1. The molecule has 34 heavy (non-hydrogen) atoms. The second-order valence-electron chi connectivity index (χ2n) is 8.74. The number of rotatable bonds is 9. The van der Waals surface area contributed by atoms with Crippen LogP contribution in [0.2, 0.25) is 5.02 Å². The lowest BCUT2D eigenvalue weighted by molar-refractivity contribution is 0.0606. The van der Waals surface area contributed by atoms with Crippen LogP contribution in [0, 0.1) is 6.92 Å². The van der Waals surface area contributed by atoms with Crippen molar-refractivity contribution in [3.05, 3.63) is 64.1 Å². The zero-order valence-electron chi connectivity index (χ0n) is 21.0. The first-order valence-electron chi connectivity index (χ1n) is 12.0. The SMILES string of the molecule is C=C(/C(C)=C\n1nc([C@@H]2CCCCN2C(=O)c2cc(Cl)ccc2NC)cc1C)N(CCC)NC. The highest BCUT2D eigenvalue weighted by atomic mass is 35.5. The number of nitrogens with one attached hydrogen (secondary N) is 2. The topological polar surface area (TPSA) is 65.4 Å². The van der Waals surface area contributed by atoms with Crippen LogP contribution in [0.4, 0.5) is 5.69 Å². The highest BCUT2D eigenvalue weighted by molar-refractivity contribution is 6.31. The number of likely N-dealkylation sites (tertiary alicyclic amines) is 1. The van der Waals surface area contributed by atoms with Crippen molar-refractivity contribution in [3.8, 4) is 0 Å². The Labute approximate surface area is 208 Å². The summed E-state index contributed by atoms with van der Waals surface area (Å²) in [5, 5.41) is 10.6. The Balaban J connectivity index is 1.89. The summed E-state index contributed by atoms with van der Waals surface area (Å²) in [5.74, 6) is -0.0203. The first-order chi connectivity index (χ1) is 16.3. The normalized spacial score (nSPS) is 16.5. The summed E-state index contributed by atoms with van der Waals surface area (Å²) in [4.78, 5) is 15.5. The molecular formula is C26H37ClN6O. The van der Waals surface area contributed by atoms with Gasteiger partial charge in [-0.1, -0.05) is 25.1 Å². The van der Waals surface area contributed by atoms with Crippen molar-refractivity contribution in [2.75, 3.05) is 32.5 Å². The van der Waals surface area contributed by atoms with Crippen LogP contribution in [0.5, 0.6) is 0 Å². The van der Waals surface area contributed by atoms with Gasteiger partial charge in [0.15, 0.2) is 0 Å². The second-order valence-corrected chi connectivity index (χ2v) is 9.18. The van der Waals surface area contributed by atoms with E-state index in [0.717, 1.165) is 60.6 Å². The number of piperidine rings is 1. The number of carbonyl (C=O) groups is 1. The van der Waals surface area contributed by atoms with Gasteiger partial charge < -0.3 is 15.2 Å². The Morgan fingerprint density at radius 3 is 2.76 bits per heavy atom. The Hall–Kier alpha value is -2.77. The Morgan fingerprint density at radius 2 is 2.09 bits per heavy atom. The number of nitrogens with zero attached hydrogens (tertiary/aromatic N) is 4. The van der Waals surface area contributed by atoms with Crippen LogP contribution in [0.3, 0.4) is 0 Å². The molecule has 184 valence electrons. The second kappa shape index (κ2) is 11.6. The fourth-order valence-corrected chi connectivity index (χ4v) is 4.60. The molecule has 2 heterocycles. The zero-order valence-corrected chi connectivity index (χ0v) is 21.7. The lowest BCUT2D eigenvalue weighted by atomic mass is 9.97. The van der Waals surface area contributed by atoms with Gasteiger partial charge in [-0.2, -0.15) is 5.10 Å². The zero-order chi connectivity index (χ0) is 24.8. The highest BCUT2D eigenvalue weighted by Gasteiger charge is 2.31. The van der Waals surface area contributed by atoms with Gasteiger partial charge in [-0.25, -0.2) is 10.1 Å². The maximum absolute atomic E-state index is 13.6. The molecule has 1 fully saturated rings. The first-order valence-corrected chi connectivity index (χ1v) is 12.3. The maximum atomic E-state index is 13.6. The molecule has 1 atom stereocenters. The van der Waals surface area contributed by atoms with Crippen LogP contribution in [0.25, 0.3) is 6.20 Å². The van der Waals surface area contributed by atoms with Crippen molar-refractivity contribution >= 4 is 29.4 Å². The van der Waals surface area contributed by atoms with Gasteiger partial charge in [-0.3, -0.25) is 4.79 Å². The summed E-state index contributed by atoms with van der Waals surface area (Å²) in [5.41, 5.74) is 8.42. The monoisotopic (exact) mass is 484 g/mol. The number of halogens is 1. The van der Waals surface area contributed by atoms with E-state index >= 15 is 0 Å². The third kappa shape index (κ3) is 5.65. The Kier molecular flexibility index (Phi) is 8.80. The van der Waals surface area contributed by atoms with Gasteiger partial charge in [0.25, 0.3) is 5.91 Å². The lowest BCUT2D eigenvalue weighted by Crippen LogP contribution is -2.39. The molecule has 8 heteroatoms. The van der Waals surface area contributed by atoms with Crippen molar-refractivity contribution in [1.82, 2.24) is 25.1 Å².